The Hall–Kier alpha value is -4.48. The number of fused-ring (bicyclic) bond motifs is 3. The van der Waals surface area contributed by atoms with Crippen molar-refractivity contribution in [2.75, 3.05) is 38.6 Å². The molecule has 0 spiro atoms. The van der Waals surface area contributed by atoms with Gasteiger partial charge < -0.3 is 14.7 Å². The lowest BCUT2D eigenvalue weighted by Crippen LogP contribution is -2.67. The van der Waals surface area contributed by atoms with Crippen molar-refractivity contribution in [3.05, 3.63) is 63.6 Å². The van der Waals surface area contributed by atoms with Crippen LogP contribution in [0.1, 0.15) is 43.5 Å². The summed E-state index contributed by atoms with van der Waals surface area (Å²) in [7, 11) is 3.92. The van der Waals surface area contributed by atoms with Crippen molar-refractivity contribution in [2.24, 2.45) is 0 Å². The monoisotopic (exact) mass is 667 g/mol. The Balaban J connectivity index is 1.63. The molecule has 2 aliphatic rings. The summed E-state index contributed by atoms with van der Waals surface area (Å²) in [4.78, 5) is 37.2. The van der Waals surface area contributed by atoms with Crippen molar-refractivity contribution in [3.8, 4) is 11.8 Å². The van der Waals surface area contributed by atoms with Gasteiger partial charge in [-0.3, -0.25) is 14.2 Å². The van der Waals surface area contributed by atoms with Crippen LogP contribution in [0.15, 0.2) is 41.7 Å². The highest BCUT2D eigenvalue weighted by atomic mass is 35.5. The average Bonchev–Trinajstić information content (AvgIpc) is 3.46. The molecule has 15 heteroatoms. The van der Waals surface area contributed by atoms with Crippen LogP contribution in [0.4, 0.5) is 19.0 Å². The molecule has 47 heavy (non-hydrogen) atoms. The van der Waals surface area contributed by atoms with Crippen molar-refractivity contribution >= 4 is 45.3 Å². The third-order valence-electron chi connectivity index (χ3n) is 9.59. The maximum atomic E-state index is 14.8. The van der Waals surface area contributed by atoms with Crippen LogP contribution in [0.2, 0.25) is 5.02 Å². The first-order chi connectivity index (χ1) is 22.2. The summed E-state index contributed by atoms with van der Waals surface area (Å²) in [6, 6.07) is 6.61. The topological polar surface area (TPSA) is 116 Å². The molecule has 0 saturated carbocycles. The largest absolute Gasteiger partial charge is 0.431 e. The maximum absolute atomic E-state index is 14.8. The first-order valence-electron chi connectivity index (χ1n) is 15.1. The Labute approximate surface area is 273 Å². The fraction of sp³-hybridized carbons (Fsp3) is 0.438. The number of hydrogen-bond acceptors (Lipinski definition) is 8. The third kappa shape index (κ3) is 5.31. The molecule has 2 saturated heterocycles. The van der Waals surface area contributed by atoms with Crippen molar-refractivity contribution in [3.63, 3.8) is 0 Å². The SMILES string of the molecule is C=CC(=O)N1CCC(n2nnc3c(N4CC(C)(N(C)C)C4)nc4c(=O)n(-c5cccc(Cl)c5C)c(C(F)(F)F)cc4c32)C[C@H]1CC#N. The molecule has 1 amide bonds. The number of likely N-dealkylation sites (tertiary alicyclic amines) is 1. The number of halogens is 4. The van der Waals surface area contributed by atoms with Gasteiger partial charge in [-0.05, 0) is 70.6 Å². The van der Waals surface area contributed by atoms with E-state index in [1.807, 2.05) is 19.0 Å². The summed E-state index contributed by atoms with van der Waals surface area (Å²) < 4.78 is 46.7. The zero-order valence-electron chi connectivity index (χ0n) is 26.3. The van der Waals surface area contributed by atoms with Gasteiger partial charge >= 0.3 is 6.18 Å². The number of aromatic nitrogens is 5. The summed E-state index contributed by atoms with van der Waals surface area (Å²) in [6.45, 7) is 8.55. The molecule has 2 fully saturated rings. The van der Waals surface area contributed by atoms with Gasteiger partial charge in [0.15, 0.2) is 11.3 Å². The fourth-order valence-corrected chi connectivity index (χ4v) is 6.84. The Morgan fingerprint density at radius 2 is 2.00 bits per heavy atom. The quantitative estimate of drug-likeness (QED) is 0.267. The van der Waals surface area contributed by atoms with Crippen LogP contribution in [-0.4, -0.2) is 85.6 Å². The minimum atomic E-state index is -4.93. The van der Waals surface area contributed by atoms with E-state index in [0.717, 1.165) is 6.07 Å². The van der Waals surface area contributed by atoms with Crippen LogP contribution in [0, 0.1) is 18.3 Å². The standard InChI is InChI=1S/C32H33ClF3N9O2/c1-6-25(46)43-13-11-20(14-19(43)10-12-37)45-28-21-15-24(32(34,35)36)44(23-9-7-8-22(33)18(23)2)30(47)26(21)38-29(27(28)39-40-45)42-16-31(3,17-42)41(4)5/h6-9,15,19-20H,1,10-11,13-14,16-17H2,2-5H3/t19-,20?/m1/s1. The second kappa shape index (κ2) is 11.6. The molecule has 5 heterocycles. The average molecular weight is 668 g/mol. The molecular weight excluding hydrogens is 635 g/mol. The summed E-state index contributed by atoms with van der Waals surface area (Å²) in [5, 5.41) is 18.5. The van der Waals surface area contributed by atoms with E-state index < -0.39 is 29.5 Å². The van der Waals surface area contributed by atoms with Gasteiger partial charge in [-0.1, -0.05) is 29.5 Å². The molecule has 11 nitrogen and oxygen atoms in total. The minimum Gasteiger partial charge on any atom is -0.351 e. The number of pyridine rings is 2. The van der Waals surface area contributed by atoms with Gasteiger partial charge in [-0.2, -0.15) is 18.4 Å². The number of amides is 1. The summed E-state index contributed by atoms with van der Waals surface area (Å²) in [5.74, 6) is 0.0367. The first kappa shape index (κ1) is 32.5. The summed E-state index contributed by atoms with van der Waals surface area (Å²) in [6.07, 6.45) is -2.98. The lowest BCUT2D eigenvalue weighted by atomic mass is 9.90. The second-order valence-electron chi connectivity index (χ2n) is 12.7. The Morgan fingerprint density at radius 1 is 1.28 bits per heavy atom. The zero-order chi connectivity index (χ0) is 34.0. The molecule has 6 rings (SSSR count). The highest BCUT2D eigenvalue weighted by Crippen LogP contribution is 2.40. The smallest absolute Gasteiger partial charge is 0.351 e. The van der Waals surface area contributed by atoms with Gasteiger partial charge in [-0.15, -0.1) is 5.10 Å². The zero-order valence-corrected chi connectivity index (χ0v) is 27.1. The van der Waals surface area contributed by atoms with Crippen molar-refractivity contribution in [2.45, 2.75) is 56.9 Å². The molecule has 3 aromatic heterocycles. The number of rotatable bonds is 6. The van der Waals surface area contributed by atoms with Crippen LogP contribution < -0.4 is 10.5 Å². The molecule has 1 unspecified atom stereocenters. The molecule has 0 radical (unpaired) electrons. The third-order valence-corrected chi connectivity index (χ3v) is 10.0. The molecule has 0 N–H and O–H groups in total. The van der Waals surface area contributed by atoms with E-state index in [-0.39, 0.29) is 57.1 Å². The lowest BCUT2D eigenvalue weighted by Gasteiger charge is -2.52. The Bertz CT molecular complexity index is 2020. The number of anilines is 1. The van der Waals surface area contributed by atoms with Crippen molar-refractivity contribution in [1.82, 2.24) is 34.3 Å². The van der Waals surface area contributed by atoms with Crippen molar-refractivity contribution in [1.29, 1.82) is 5.26 Å². The van der Waals surface area contributed by atoms with Crippen molar-refractivity contribution < 1.29 is 18.0 Å². The van der Waals surface area contributed by atoms with Gasteiger partial charge in [-0.25, -0.2) is 9.67 Å². The number of alkyl halides is 3. The van der Waals surface area contributed by atoms with Crippen LogP contribution in [0.25, 0.3) is 27.6 Å². The molecular formula is C32H33ClF3N9O2. The maximum Gasteiger partial charge on any atom is 0.431 e. The predicted molar refractivity (Wildman–Crippen MR) is 172 cm³/mol. The van der Waals surface area contributed by atoms with Gasteiger partial charge in [0.2, 0.25) is 5.91 Å². The predicted octanol–water partition coefficient (Wildman–Crippen LogP) is 4.88. The van der Waals surface area contributed by atoms with E-state index in [0.29, 0.717) is 41.9 Å². The minimum absolute atomic E-state index is 0.00505. The molecule has 246 valence electrons. The molecule has 2 atom stereocenters. The fourth-order valence-electron chi connectivity index (χ4n) is 6.67. The van der Waals surface area contributed by atoms with E-state index in [1.54, 1.807) is 22.6 Å². The van der Waals surface area contributed by atoms with Crippen LogP contribution in [-0.2, 0) is 11.0 Å². The van der Waals surface area contributed by atoms with Gasteiger partial charge in [0.05, 0.1) is 29.8 Å². The second-order valence-corrected chi connectivity index (χ2v) is 13.1. The van der Waals surface area contributed by atoms with Crippen LogP contribution in [0.5, 0.6) is 0 Å². The van der Waals surface area contributed by atoms with E-state index in [4.69, 9.17) is 16.6 Å². The molecule has 1 aromatic carbocycles. The summed E-state index contributed by atoms with van der Waals surface area (Å²) in [5.41, 5.74) is -1.71. The first-order valence-corrected chi connectivity index (χ1v) is 15.5. The molecule has 0 bridgehead atoms. The van der Waals surface area contributed by atoms with Gasteiger partial charge in [0.25, 0.3) is 5.56 Å². The molecule has 4 aromatic rings. The Kier molecular flexibility index (Phi) is 8.04. The number of piperidine rings is 1. The van der Waals surface area contributed by atoms with Crippen LogP contribution in [0.3, 0.4) is 0 Å². The van der Waals surface area contributed by atoms with Crippen LogP contribution >= 0.6 is 11.6 Å². The number of carbonyl (C=O) groups excluding carboxylic acids is 1. The lowest BCUT2D eigenvalue weighted by molar-refractivity contribution is -0.142. The van der Waals surface area contributed by atoms with E-state index in [9.17, 15) is 28.0 Å². The number of carbonyl (C=O) groups is 1. The highest BCUT2D eigenvalue weighted by molar-refractivity contribution is 6.31. The highest BCUT2D eigenvalue weighted by Gasteiger charge is 2.44. The number of nitriles is 1. The number of nitrogens with zero attached hydrogens (tertiary/aromatic N) is 9. The summed E-state index contributed by atoms with van der Waals surface area (Å²) >= 11 is 6.30. The number of likely N-dealkylation sites (N-methyl/N-ethyl adjacent to an activating group) is 1. The molecule has 0 aliphatic carbocycles. The Morgan fingerprint density at radius 3 is 2.64 bits per heavy atom. The number of benzene rings is 1. The molecule has 2 aliphatic heterocycles. The van der Waals surface area contributed by atoms with Gasteiger partial charge in [0.1, 0.15) is 16.7 Å². The number of hydrogen-bond donors (Lipinski definition) is 0. The van der Waals surface area contributed by atoms with Gasteiger partial charge in [0, 0.05) is 36.1 Å². The van der Waals surface area contributed by atoms with E-state index in [2.05, 4.69) is 34.8 Å². The van der Waals surface area contributed by atoms with E-state index >= 15 is 0 Å². The normalized spacial score (nSPS) is 19.7. The van der Waals surface area contributed by atoms with E-state index in [1.165, 1.54) is 18.2 Å².